The number of amides is 1. The standard InChI is InChI=1S/C20H21N3O2S/c24-19(9-8-17-7-4-12-26-17)22-10-11-23-16(14-22)13-18(21-23)20(25)15-5-2-1-3-6-15/h1-7,12-13,20,25H,8-11,14H2/t20-/m0/s1. The maximum absolute atomic E-state index is 12.5. The lowest BCUT2D eigenvalue weighted by molar-refractivity contribution is -0.132. The van der Waals surface area contributed by atoms with Crippen LogP contribution in [0, 0.1) is 0 Å². The van der Waals surface area contributed by atoms with E-state index >= 15 is 0 Å². The van der Waals surface area contributed by atoms with Gasteiger partial charge in [0, 0.05) is 17.8 Å². The molecule has 0 radical (unpaired) electrons. The van der Waals surface area contributed by atoms with Crippen molar-refractivity contribution in [2.45, 2.75) is 32.0 Å². The Kier molecular flexibility index (Phi) is 4.86. The molecule has 6 heteroatoms. The summed E-state index contributed by atoms with van der Waals surface area (Å²) in [5.74, 6) is 0.177. The highest BCUT2D eigenvalue weighted by Gasteiger charge is 2.24. The second kappa shape index (κ2) is 7.43. The molecule has 1 aliphatic heterocycles. The molecule has 1 aromatic carbocycles. The van der Waals surface area contributed by atoms with Crippen molar-refractivity contribution in [1.82, 2.24) is 14.7 Å². The molecular formula is C20H21N3O2S. The molecular weight excluding hydrogens is 346 g/mol. The molecule has 0 saturated heterocycles. The van der Waals surface area contributed by atoms with Crippen molar-refractivity contribution in [3.8, 4) is 0 Å². The zero-order valence-electron chi connectivity index (χ0n) is 14.4. The van der Waals surface area contributed by atoms with Crippen LogP contribution in [0.1, 0.15) is 34.4 Å². The number of carbonyl (C=O) groups excluding carboxylic acids is 1. The number of hydrogen-bond acceptors (Lipinski definition) is 4. The quantitative estimate of drug-likeness (QED) is 0.754. The molecule has 0 fully saturated rings. The molecule has 0 spiro atoms. The summed E-state index contributed by atoms with van der Waals surface area (Å²) in [4.78, 5) is 15.7. The fourth-order valence-electron chi connectivity index (χ4n) is 3.28. The van der Waals surface area contributed by atoms with E-state index in [2.05, 4.69) is 11.2 Å². The molecule has 1 N–H and O–H groups in total. The lowest BCUT2D eigenvalue weighted by Gasteiger charge is -2.27. The van der Waals surface area contributed by atoms with Gasteiger partial charge in [-0.25, -0.2) is 0 Å². The van der Waals surface area contributed by atoms with Crippen LogP contribution in [-0.4, -0.2) is 32.2 Å². The second-order valence-electron chi connectivity index (χ2n) is 6.49. The van der Waals surface area contributed by atoms with E-state index in [9.17, 15) is 9.90 Å². The summed E-state index contributed by atoms with van der Waals surface area (Å²) < 4.78 is 1.91. The Hall–Kier alpha value is -2.44. The second-order valence-corrected chi connectivity index (χ2v) is 7.52. The van der Waals surface area contributed by atoms with Crippen LogP contribution < -0.4 is 0 Å². The zero-order valence-corrected chi connectivity index (χ0v) is 15.2. The van der Waals surface area contributed by atoms with E-state index in [1.807, 2.05) is 57.4 Å². The van der Waals surface area contributed by atoms with Crippen molar-refractivity contribution in [2.75, 3.05) is 6.54 Å². The number of fused-ring (bicyclic) bond motifs is 1. The number of thiophene rings is 1. The molecule has 2 aromatic heterocycles. The number of aliphatic hydroxyl groups excluding tert-OH is 1. The van der Waals surface area contributed by atoms with Crippen LogP contribution >= 0.6 is 11.3 Å². The van der Waals surface area contributed by atoms with Crippen LogP contribution in [0.25, 0.3) is 0 Å². The lowest BCUT2D eigenvalue weighted by atomic mass is 10.1. The topological polar surface area (TPSA) is 58.4 Å². The molecule has 3 heterocycles. The Labute approximate surface area is 156 Å². The van der Waals surface area contributed by atoms with Gasteiger partial charge in [0.05, 0.1) is 24.5 Å². The number of aromatic nitrogens is 2. The highest BCUT2D eigenvalue weighted by Crippen LogP contribution is 2.24. The predicted molar refractivity (Wildman–Crippen MR) is 101 cm³/mol. The number of aryl methyl sites for hydroxylation is 1. The summed E-state index contributed by atoms with van der Waals surface area (Å²) >= 11 is 1.69. The van der Waals surface area contributed by atoms with Crippen molar-refractivity contribution < 1.29 is 9.90 Å². The van der Waals surface area contributed by atoms with Crippen LogP contribution in [0.5, 0.6) is 0 Å². The van der Waals surface area contributed by atoms with Crippen LogP contribution in [0.4, 0.5) is 0 Å². The fraction of sp³-hybridized carbons (Fsp3) is 0.300. The van der Waals surface area contributed by atoms with Crippen molar-refractivity contribution in [3.05, 3.63) is 75.7 Å². The van der Waals surface area contributed by atoms with Gasteiger partial charge in [-0.15, -0.1) is 11.3 Å². The number of nitrogens with zero attached hydrogens (tertiary/aromatic N) is 3. The SMILES string of the molecule is O=C(CCc1cccs1)N1CCn2nc([C@@H](O)c3ccccc3)cc2C1. The Morgan fingerprint density at radius 3 is 2.81 bits per heavy atom. The van der Waals surface area contributed by atoms with E-state index in [1.54, 1.807) is 11.3 Å². The first-order valence-electron chi connectivity index (χ1n) is 8.80. The number of hydrogen-bond donors (Lipinski definition) is 1. The summed E-state index contributed by atoms with van der Waals surface area (Å²) in [6, 6.07) is 15.5. The Morgan fingerprint density at radius 2 is 2.04 bits per heavy atom. The summed E-state index contributed by atoms with van der Waals surface area (Å²) in [6.07, 6.45) is 0.593. The van der Waals surface area contributed by atoms with Gasteiger partial charge in [0.25, 0.3) is 0 Å². The van der Waals surface area contributed by atoms with Gasteiger partial charge in [0.15, 0.2) is 0 Å². The van der Waals surface area contributed by atoms with Gasteiger partial charge in [-0.2, -0.15) is 5.10 Å². The largest absolute Gasteiger partial charge is 0.382 e. The van der Waals surface area contributed by atoms with Gasteiger partial charge >= 0.3 is 0 Å². The average molecular weight is 367 g/mol. The van der Waals surface area contributed by atoms with Gasteiger partial charge in [-0.05, 0) is 29.5 Å². The minimum Gasteiger partial charge on any atom is -0.382 e. The molecule has 134 valence electrons. The van der Waals surface area contributed by atoms with E-state index in [1.165, 1.54) is 4.88 Å². The van der Waals surface area contributed by atoms with Crippen molar-refractivity contribution in [1.29, 1.82) is 0 Å². The summed E-state index contributed by atoms with van der Waals surface area (Å²) in [5.41, 5.74) is 2.44. The Balaban J connectivity index is 1.42. The monoisotopic (exact) mass is 367 g/mol. The molecule has 1 atom stereocenters. The Bertz CT molecular complexity index is 874. The molecule has 0 unspecified atom stereocenters. The van der Waals surface area contributed by atoms with Crippen LogP contribution in [0.2, 0.25) is 0 Å². The van der Waals surface area contributed by atoms with Crippen LogP contribution in [0.3, 0.4) is 0 Å². The molecule has 1 amide bonds. The minimum atomic E-state index is -0.739. The molecule has 0 bridgehead atoms. The molecule has 4 rings (SSSR count). The smallest absolute Gasteiger partial charge is 0.223 e. The normalized spacial score (nSPS) is 14.9. The first-order valence-corrected chi connectivity index (χ1v) is 9.68. The van der Waals surface area contributed by atoms with Gasteiger partial charge in [0.2, 0.25) is 5.91 Å². The van der Waals surface area contributed by atoms with Gasteiger partial charge < -0.3 is 10.0 Å². The maximum atomic E-state index is 12.5. The van der Waals surface area contributed by atoms with Crippen molar-refractivity contribution in [3.63, 3.8) is 0 Å². The number of aliphatic hydroxyl groups is 1. The third-order valence-corrected chi connectivity index (χ3v) is 5.67. The fourth-order valence-corrected chi connectivity index (χ4v) is 3.99. The highest BCUT2D eigenvalue weighted by molar-refractivity contribution is 7.09. The van der Waals surface area contributed by atoms with E-state index < -0.39 is 6.10 Å². The molecule has 0 aliphatic carbocycles. The third kappa shape index (κ3) is 3.57. The Morgan fingerprint density at radius 1 is 1.19 bits per heavy atom. The predicted octanol–water partition coefficient (Wildman–Crippen LogP) is 3.00. The van der Waals surface area contributed by atoms with E-state index in [-0.39, 0.29) is 5.91 Å². The van der Waals surface area contributed by atoms with E-state index in [0.29, 0.717) is 31.7 Å². The van der Waals surface area contributed by atoms with E-state index in [0.717, 1.165) is 17.7 Å². The van der Waals surface area contributed by atoms with Gasteiger partial charge in [-0.3, -0.25) is 9.48 Å². The third-order valence-electron chi connectivity index (χ3n) is 4.73. The molecule has 0 saturated carbocycles. The minimum absolute atomic E-state index is 0.177. The first-order chi connectivity index (χ1) is 12.7. The van der Waals surface area contributed by atoms with Gasteiger partial charge in [-0.1, -0.05) is 36.4 Å². The maximum Gasteiger partial charge on any atom is 0.223 e. The molecule has 5 nitrogen and oxygen atoms in total. The van der Waals surface area contributed by atoms with E-state index in [4.69, 9.17) is 0 Å². The highest BCUT2D eigenvalue weighted by atomic mass is 32.1. The molecule has 3 aromatic rings. The zero-order chi connectivity index (χ0) is 17.9. The molecule has 26 heavy (non-hydrogen) atoms. The van der Waals surface area contributed by atoms with Gasteiger partial charge in [0.1, 0.15) is 6.10 Å². The number of rotatable bonds is 5. The summed E-state index contributed by atoms with van der Waals surface area (Å²) in [6.45, 7) is 1.89. The average Bonchev–Trinajstić information content (AvgIpc) is 3.35. The first kappa shape index (κ1) is 17.0. The number of carbonyl (C=O) groups is 1. The van der Waals surface area contributed by atoms with Crippen LogP contribution in [0.15, 0.2) is 53.9 Å². The summed E-state index contributed by atoms with van der Waals surface area (Å²) in [7, 11) is 0. The van der Waals surface area contributed by atoms with Crippen LogP contribution in [-0.2, 0) is 24.3 Å². The summed E-state index contributed by atoms with van der Waals surface area (Å²) in [5, 5.41) is 17.1. The lowest BCUT2D eigenvalue weighted by Crippen LogP contribution is -2.38. The molecule has 1 aliphatic rings. The van der Waals surface area contributed by atoms with Crippen molar-refractivity contribution in [2.24, 2.45) is 0 Å². The number of benzene rings is 1. The van der Waals surface area contributed by atoms with Crippen molar-refractivity contribution >= 4 is 17.2 Å².